The van der Waals surface area contributed by atoms with Crippen molar-refractivity contribution in [3.63, 3.8) is 0 Å². The minimum Gasteiger partial charge on any atom is -0.349 e. The summed E-state index contributed by atoms with van der Waals surface area (Å²) in [6, 6.07) is 3.85. The van der Waals surface area contributed by atoms with Gasteiger partial charge in [0.15, 0.2) is 5.65 Å². The number of thiazole rings is 1. The third-order valence-electron chi connectivity index (χ3n) is 4.41. The fourth-order valence-electron chi connectivity index (χ4n) is 3.07. The van der Waals surface area contributed by atoms with E-state index in [9.17, 15) is 4.79 Å². The number of aromatic nitrogens is 4. The Morgan fingerprint density at radius 1 is 1.32 bits per heavy atom. The molecule has 0 bridgehead atoms. The largest absolute Gasteiger partial charge is 0.349 e. The molecule has 0 radical (unpaired) electrons. The molecule has 3 heterocycles. The van der Waals surface area contributed by atoms with Gasteiger partial charge in [0.25, 0.3) is 5.91 Å². The van der Waals surface area contributed by atoms with Crippen LogP contribution >= 0.6 is 23.1 Å². The first-order chi connectivity index (χ1) is 12.2. The summed E-state index contributed by atoms with van der Waals surface area (Å²) in [6.45, 7) is 2.03. The first kappa shape index (κ1) is 16.5. The smallest absolute Gasteiger partial charge is 0.253 e. The highest BCUT2D eigenvalue weighted by Gasteiger charge is 2.24. The second-order valence-corrected chi connectivity index (χ2v) is 8.71. The highest BCUT2D eigenvalue weighted by atomic mass is 32.2. The summed E-state index contributed by atoms with van der Waals surface area (Å²) >= 11 is 3.60. The third kappa shape index (κ3) is 3.85. The van der Waals surface area contributed by atoms with Gasteiger partial charge in [-0.3, -0.25) is 4.79 Å². The van der Waals surface area contributed by atoms with Crippen LogP contribution in [0.5, 0.6) is 0 Å². The van der Waals surface area contributed by atoms with Gasteiger partial charge < -0.3 is 5.32 Å². The molecule has 25 heavy (non-hydrogen) atoms. The minimum absolute atomic E-state index is 0.0379. The zero-order chi connectivity index (χ0) is 17.2. The van der Waals surface area contributed by atoms with Crippen molar-refractivity contribution in [2.75, 3.05) is 0 Å². The van der Waals surface area contributed by atoms with E-state index < -0.39 is 0 Å². The number of aryl methyl sites for hydroxylation is 1. The average molecular weight is 374 g/mol. The van der Waals surface area contributed by atoms with Crippen molar-refractivity contribution in [2.24, 2.45) is 0 Å². The number of nitrogens with one attached hydrogen (secondary N) is 1. The van der Waals surface area contributed by atoms with Gasteiger partial charge in [-0.15, -0.1) is 11.3 Å². The standard InChI is InChI=1S/C17H19N5OS2/c1-11-9-24-17(20-11)25-14-5-3-13(4-6-14)21-16(23)12-2-7-15-18-10-19-22(15)8-12/h2,7-10,13-14H,3-6H2,1H3,(H,21,23). The molecule has 3 aromatic rings. The molecule has 1 aliphatic carbocycles. The first-order valence-corrected chi connectivity index (χ1v) is 10.1. The van der Waals surface area contributed by atoms with Crippen molar-refractivity contribution in [3.05, 3.63) is 41.3 Å². The number of nitrogens with zero attached hydrogens (tertiary/aromatic N) is 4. The number of hydrogen-bond acceptors (Lipinski definition) is 6. The van der Waals surface area contributed by atoms with Crippen molar-refractivity contribution >= 4 is 34.7 Å². The van der Waals surface area contributed by atoms with Crippen LogP contribution in [0.1, 0.15) is 41.7 Å². The Kier molecular flexibility index (Phi) is 4.72. The van der Waals surface area contributed by atoms with Crippen molar-refractivity contribution in [1.29, 1.82) is 0 Å². The Morgan fingerprint density at radius 3 is 2.92 bits per heavy atom. The van der Waals surface area contributed by atoms with Crippen molar-refractivity contribution < 1.29 is 4.79 Å². The molecule has 1 N–H and O–H groups in total. The van der Waals surface area contributed by atoms with Gasteiger partial charge in [-0.2, -0.15) is 5.10 Å². The van der Waals surface area contributed by atoms with Crippen LogP contribution in [0.15, 0.2) is 34.4 Å². The molecule has 1 fully saturated rings. The van der Waals surface area contributed by atoms with Gasteiger partial charge >= 0.3 is 0 Å². The Balaban J connectivity index is 1.31. The Labute approximate surface area is 154 Å². The molecule has 1 amide bonds. The predicted molar refractivity (Wildman–Crippen MR) is 99.2 cm³/mol. The Morgan fingerprint density at radius 2 is 2.16 bits per heavy atom. The lowest BCUT2D eigenvalue weighted by Crippen LogP contribution is -2.38. The lowest BCUT2D eigenvalue weighted by Gasteiger charge is -2.28. The van der Waals surface area contributed by atoms with Gasteiger partial charge in [0.2, 0.25) is 0 Å². The molecule has 1 saturated carbocycles. The Bertz CT molecular complexity index is 882. The van der Waals surface area contributed by atoms with E-state index in [0.29, 0.717) is 10.8 Å². The topological polar surface area (TPSA) is 72.2 Å². The van der Waals surface area contributed by atoms with Gasteiger partial charge in [0.1, 0.15) is 10.7 Å². The first-order valence-electron chi connectivity index (χ1n) is 8.36. The minimum atomic E-state index is -0.0379. The lowest BCUT2D eigenvalue weighted by molar-refractivity contribution is 0.0927. The normalized spacial score (nSPS) is 20.7. The number of amides is 1. The average Bonchev–Trinajstić information content (AvgIpc) is 3.24. The summed E-state index contributed by atoms with van der Waals surface area (Å²) in [6.07, 6.45) is 7.45. The van der Waals surface area contributed by atoms with Crippen molar-refractivity contribution in [1.82, 2.24) is 24.9 Å². The number of hydrogen-bond donors (Lipinski definition) is 1. The molecule has 0 aliphatic heterocycles. The zero-order valence-electron chi connectivity index (χ0n) is 13.9. The van der Waals surface area contributed by atoms with Crippen LogP contribution in [0, 0.1) is 6.92 Å². The SMILES string of the molecule is Cc1csc(SC2CCC(NC(=O)c3ccc4ncnn4c3)CC2)n1. The Hall–Kier alpha value is -1.93. The summed E-state index contributed by atoms with van der Waals surface area (Å²) in [4.78, 5) is 21.1. The number of carbonyl (C=O) groups is 1. The second-order valence-electron chi connectivity index (χ2n) is 6.30. The quantitative estimate of drug-likeness (QED) is 0.759. The molecular formula is C17H19N5OS2. The van der Waals surface area contributed by atoms with Gasteiger partial charge in [-0.1, -0.05) is 11.8 Å². The van der Waals surface area contributed by atoms with Crippen LogP contribution < -0.4 is 5.32 Å². The van der Waals surface area contributed by atoms with Gasteiger partial charge in [-0.25, -0.2) is 14.5 Å². The van der Waals surface area contributed by atoms with Crippen LogP contribution in [-0.2, 0) is 0 Å². The lowest BCUT2D eigenvalue weighted by atomic mass is 9.95. The van der Waals surface area contributed by atoms with E-state index >= 15 is 0 Å². The number of fused-ring (bicyclic) bond motifs is 1. The van der Waals surface area contributed by atoms with E-state index in [-0.39, 0.29) is 11.9 Å². The summed E-state index contributed by atoms with van der Waals surface area (Å²) in [5, 5.41) is 9.94. The molecular weight excluding hydrogens is 354 g/mol. The molecule has 8 heteroatoms. The van der Waals surface area contributed by atoms with Crippen molar-refractivity contribution in [2.45, 2.75) is 48.2 Å². The molecule has 0 atom stereocenters. The van der Waals surface area contributed by atoms with E-state index in [1.54, 1.807) is 28.1 Å². The second kappa shape index (κ2) is 7.13. The van der Waals surface area contributed by atoms with E-state index in [1.165, 1.54) is 6.33 Å². The van der Waals surface area contributed by atoms with Crippen LogP contribution in [0.3, 0.4) is 0 Å². The van der Waals surface area contributed by atoms with Gasteiger partial charge in [0.05, 0.1) is 5.56 Å². The maximum Gasteiger partial charge on any atom is 0.253 e. The van der Waals surface area contributed by atoms with E-state index in [2.05, 4.69) is 25.8 Å². The number of pyridine rings is 1. The van der Waals surface area contributed by atoms with Crippen molar-refractivity contribution in [3.8, 4) is 0 Å². The molecule has 0 aromatic carbocycles. The molecule has 6 nitrogen and oxygen atoms in total. The monoisotopic (exact) mass is 373 g/mol. The molecule has 0 unspecified atom stereocenters. The van der Waals surface area contributed by atoms with Crippen LogP contribution in [0.25, 0.3) is 5.65 Å². The van der Waals surface area contributed by atoms with Crippen LogP contribution in [-0.4, -0.2) is 36.8 Å². The molecule has 130 valence electrons. The maximum atomic E-state index is 12.5. The summed E-state index contributed by atoms with van der Waals surface area (Å²) < 4.78 is 2.78. The highest BCUT2D eigenvalue weighted by Crippen LogP contribution is 2.35. The summed E-state index contributed by atoms with van der Waals surface area (Å²) in [5.74, 6) is -0.0379. The van der Waals surface area contributed by atoms with E-state index in [0.717, 1.165) is 41.4 Å². The van der Waals surface area contributed by atoms with Crippen LogP contribution in [0.4, 0.5) is 0 Å². The fourth-order valence-corrected chi connectivity index (χ4v) is 5.36. The maximum absolute atomic E-state index is 12.5. The highest BCUT2D eigenvalue weighted by molar-refractivity contribution is 8.01. The predicted octanol–water partition coefficient (Wildman–Crippen LogP) is 3.33. The number of carbonyl (C=O) groups excluding carboxylic acids is 1. The molecule has 0 spiro atoms. The third-order valence-corrected chi connectivity index (χ3v) is 6.84. The summed E-state index contributed by atoms with van der Waals surface area (Å²) in [7, 11) is 0. The van der Waals surface area contributed by atoms with E-state index in [1.807, 2.05) is 24.8 Å². The zero-order valence-corrected chi connectivity index (χ0v) is 15.5. The summed E-state index contributed by atoms with van der Waals surface area (Å²) in [5.41, 5.74) is 2.46. The van der Waals surface area contributed by atoms with Crippen LogP contribution in [0.2, 0.25) is 0 Å². The number of rotatable bonds is 4. The molecule has 3 aromatic heterocycles. The molecule has 4 rings (SSSR count). The molecule has 1 aliphatic rings. The van der Waals surface area contributed by atoms with E-state index in [4.69, 9.17) is 0 Å². The molecule has 0 saturated heterocycles. The fraction of sp³-hybridized carbons (Fsp3) is 0.412. The number of thioether (sulfide) groups is 1. The van der Waals surface area contributed by atoms with Gasteiger partial charge in [-0.05, 0) is 44.7 Å². The van der Waals surface area contributed by atoms with Gasteiger partial charge in [0, 0.05) is 28.6 Å².